The van der Waals surface area contributed by atoms with Crippen LogP contribution >= 0.6 is 28.3 Å². The lowest BCUT2D eigenvalue weighted by Crippen LogP contribution is -2.39. The number of rotatable bonds is 5. The van der Waals surface area contributed by atoms with Crippen LogP contribution < -0.4 is 5.32 Å². The fourth-order valence-corrected chi connectivity index (χ4v) is 2.76. The van der Waals surface area contributed by atoms with Crippen molar-refractivity contribution in [2.45, 2.75) is 18.9 Å². The highest BCUT2D eigenvalue weighted by atomic mass is 79.9. The van der Waals surface area contributed by atoms with Crippen molar-refractivity contribution in [3.63, 3.8) is 0 Å². The molecule has 0 aromatic heterocycles. The summed E-state index contributed by atoms with van der Waals surface area (Å²) in [6, 6.07) is 8.34. The van der Waals surface area contributed by atoms with Gasteiger partial charge in [-0.2, -0.15) is 0 Å². The summed E-state index contributed by atoms with van der Waals surface area (Å²) in [7, 11) is 0. The standard InChI is InChI=1S/C14H17BrN2O3.ClH/c15-11-5-3-10(4-6-11)12-2-1-7-17(12)9-13(18)16-8-14(19)20;/h3-6,12H,1-2,7-9H2,(H,16,18)(H,19,20);1H. The number of nitrogens with one attached hydrogen (secondary N) is 1. The highest BCUT2D eigenvalue weighted by Crippen LogP contribution is 2.31. The minimum atomic E-state index is -1.02. The Bertz CT molecular complexity index is 495. The zero-order valence-corrected chi connectivity index (χ0v) is 13.8. The van der Waals surface area contributed by atoms with Gasteiger partial charge in [0.2, 0.25) is 5.91 Å². The van der Waals surface area contributed by atoms with Crippen LogP contribution in [0.5, 0.6) is 0 Å². The average Bonchev–Trinajstić information content (AvgIpc) is 2.85. The average molecular weight is 378 g/mol. The SMILES string of the molecule is Cl.O=C(O)CNC(=O)CN1CCCC1c1ccc(Br)cc1. The quantitative estimate of drug-likeness (QED) is 0.825. The van der Waals surface area contributed by atoms with Crippen molar-refractivity contribution in [2.24, 2.45) is 0 Å². The van der Waals surface area contributed by atoms with E-state index in [1.807, 2.05) is 12.1 Å². The Morgan fingerprint density at radius 2 is 2.00 bits per heavy atom. The summed E-state index contributed by atoms with van der Waals surface area (Å²) >= 11 is 3.41. The molecule has 1 fully saturated rings. The molecule has 1 aliphatic rings. The summed E-state index contributed by atoms with van der Waals surface area (Å²) in [4.78, 5) is 24.2. The first-order valence-electron chi connectivity index (χ1n) is 6.54. The minimum absolute atomic E-state index is 0. The summed E-state index contributed by atoms with van der Waals surface area (Å²) in [6.45, 7) is 0.783. The van der Waals surface area contributed by atoms with E-state index in [1.165, 1.54) is 5.56 Å². The predicted octanol–water partition coefficient (Wildman–Crippen LogP) is 2.21. The molecule has 116 valence electrons. The lowest BCUT2D eigenvalue weighted by atomic mass is 10.0. The van der Waals surface area contributed by atoms with Gasteiger partial charge in [-0.05, 0) is 37.1 Å². The number of hydrogen-bond acceptors (Lipinski definition) is 3. The lowest BCUT2D eigenvalue weighted by molar-refractivity contribution is -0.138. The van der Waals surface area contributed by atoms with Crippen molar-refractivity contribution in [2.75, 3.05) is 19.6 Å². The van der Waals surface area contributed by atoms with E-state index >= 15 is 0 Å². The number of likely N-dealkylation sites (tertiary alicyclic amines) is 1. The third-order valence-electron chi connectivity index (χ3n) is 3.40. The van der Waals surface area contributed by atoms with Crippen LogP contribution in [0.4, 0.5) is 0 Å². The van der Waals surface area contributed by atoms with Crippen molar-refractivity contribution in [1.82, 2.24) is 10.2 Å². The molecule has 1 atom stereocenters. The fourth-order valence-electron chi connectivity index (χ4n) is 2.49. The van der Waals surface area contributed by atoms with Crippen molar-refractivity contribution >= 4 is 40.2 Å². The number of benzene rings is 1. The molecule has 0 saturated carbocycles. The minimum Gasteiger partial charge on any atom is -0.480 e. The van der Waals surface area contributed by atoms with Gasteiger partial charge >= 0.3 is 5.97 Å². The van der Waals surface area contributed by atoms with Gasteiger partial charge in [0.05, 0.1) is 6.54 Å². The number of carbonyl (C=O) groups excluding carboxylic acids is 1. The summed E-state index contributed by atoms with van der Waals surface area (Å²) in [5, 5.41) is 10.9. The molecule has 0 aliphatic carbocycles. The van der Waals surface area contributed by atoms with Crippen molar-refractivity contribution < 1.29 is 14.7 Å². The second-order valence-electron chi connectivity index (χ2n) is 4.85. The molecule has 0 spiro atoms. The molecule has 1 saturated heterocycles. The van der Waals surface area contributed by atoms with Crippen LogP contribution in [0.15, 0.2) is 28.7 Å². The Balaban J connectivity index is 0.00000220. The first kappa shape index (κ1) is 17.9. The number of aliphatic carboxylic acids is 1. The number of nitrogens with zero attached hydrogens (tertiary/aromatic N) is 1. The number of carbonyl (C=O) groups is 2. The maximum absolute atomic E-state index is 11.7. The summed E-state index contributed by atoms with van der Waals surface area (Å²) in [5.41, 5.74) is 1.19. The van der Waals surface area contributed by atoms with Gasteiger partial charge in [0.1, 0.15) is 6.54 Å². The maximum Gasteiger partial charge on any atom is 0.322 e. The van der Waals surface area contributed by atoms with Crippen LogP contribution in [-0.4, -0.2) is 41.5 Å². The highest BCUT2D eigenvalue weighted by molar-refractivity contribution is 9.10. The highest BCUT2D eigenvalue weighted by Gasteiger charge is 2.27. The second-order valence-corrected chi connectivity index (χ2v) is 5.77. The van der Waals surface area contributed by atoms with E-state index in [1.54, 1.807) is 0 Å². The first-order valence-corrected chi connectivity index (χ1v) is 7.33. The third kappa shape index (κ3) is 5.30. The molecule has 2 N–H and O–H groups in total. The monoisotopic (exact) mass is 376 g/mol. The second kappa shape index (κ2) is 8.36. The molecule has 1 aromatic rings. The molecule has 1 heterocycles. The van der Waals surface area contributed by atoms with Gasteiger partial charge in [-0.3, -0.25) is 14.5 Å². The van der Waals surface area contributed by atoms with E-state index in [-0.39, 0.29) is 37.4 Å². The van der Waals surface area contributed by atoms with Gasteiger partial charge in [0, 0.05) is 10.5 Å². The zero-order chi connectivity index (χ0) is 14.5. The lowest BCUT2D eigenvalue weighted by Gasteiger charge is -2.24. The smallest absolute Gasteiger partial charge is 0.322 e. The molecule has 2 rings (SSSR count). The van der Waals surface area contributed by atoms with Crippen LogP contribution in [0.25, 0.3) is 0 Å². The molecule has 0 radical (unpaired) electrons. The number of carboxylic acid groups (broad SMARTS) is 1. The molecule has 1 aromatic carbocycles. The van der Waals surface area contributed by atoms with E-state index < -0.39 is 5.97 Å². The first-order chi connectivity index (χ1) is 9.56. The molecular weight excluding hydrogens is 360 g/mol. The van der Waals surface area contributed by atoms with Crippen molar-refractivity contribution in [3.8, 4) is 0 Å². The molecule has 7 heteroatoms. The molecule has 5 nitrogen and oxygen atoms in total. The molecular formula is C14H18BrClN2O3. The van der Waals surface area contributed by atoms with Crippen LogP contribution in [-0.2, 0) is 9.59 Å². The van der Waals surface area contributed by atoms with E-state index in [9.17, 15) is 9.59 Å². The number of halogens is 2. The summed E-state index contributed by atoms with van der Waals surface area (Å²) in [6.07, 6.45) is 2.07. The van der Waals surface area contributed by atoms with Gasteiger partial charge in [-0.1, -0.05) is 28.1 Å². The van der Waals surface area contributed by atoms with Crippen molar-refractivity contribution in [3.05, 3.63) is 34.3 Å². The molecule has 1 amide bonds. The van der Waals surface area contributed by atoms with E-state index in [0.717, 1.165) is 23.9 Å². The summed E-state index contributed by atoms with van der Waals surface area (Å²) < 4.78 is 1.03. The van der Waals surface area contributed by atoms with Crippen LogP contribution in [0.2, 0.25) is 0 Å². The van der Waals surface area contributed by atoms with Crippen LogP contribution in [0.3, 0.4) is 0 Å². The van der Waals surface area contributed by atoms with Crippen molar-refractivity contribution in [1.29, 1.82) is 0 Å². The van der Waals surface area contributed by atoms with E-state index in [4.69, 9.17) is 5.11 Å². The van der Waals surface area contributed by atoms with Gasteiger partial charge in [-0.15, -0.1) is 12.4 Å². The number of carboxylic acids is 1. The van der Waals surface area contributed by atoms with E-state index in [2.05, 4.69) is 38.3 Å². The molecule has 1 unspecified atom stereocenters. The fraction of sp³-hybridized carbons (Fsp3) is 0.429. The van der Waals surface area contributed by atoms with Gasteiger partial charge in [-0.25, -0.2) is 0 Å². The maximum atomic E-state index is 11.7. The number of hydrogen-bond donors (Lipinski definition) is 2. The zero-order valence-electron chi connectivity index (χ0n) is 11.4. The molecule has 1 aliphatic heterocycles. The van der Waals surface area contributed by atoms with Crippen LogP contribution in [0, 0.1) is 0 Å². The topological polar surface area (TPSA) is 69.6 Å². The Hall–Kier alpha value is -1.11. The number of amides is 1. The Morgan fingerprint density at radius 1 is 1.33 bits per heavy atom. The van der Waals surface area contributed by atoms with Gasteiger partial charge < -0.3 is 10.4 Å². The van der Waals surface area contributed by atoms with Gasteiger partial charge in [0.25, 0.3) is 0 Å². The largest absolute Gasteiger partial charge is 0.480 e. The Kier molecular flexibility index (Phi) is 7.14. The third-order valence-corrected chi connectivity index (χ3v) is 3.93. The van der Waals surface area contributed by atoms with Crippen LogP contribution in [0.1, 0.15) is 24.4 Å². The Labute approximate surface area is 138 Å². The van der Waals surface area contributed by atoms with E-state index in [0.29, 0.717) is 0 Å². The normalized spacial score (nSPS) is 18.0. The molecule has 0 bridgehead atoms. The van der Waals surface area contributed by atoms with Gasteiger partial charge in [0.15, 0.2) is 0 Å². The molecule has 21 heavy (non-hydrogen) atoms. The summed E-state index contributed by atoms with van der Waals surface area (Å²) in [5.74, 6) is -1.26. The predicted molar refractivity (Wildman–Crippen MR) is 85.6 cm³/mol. The Morgan fingerprint density at radius 3 is 2.62 bits per heavy atom.